The molecular formula is C22H27NO4. The molecule has 1 aromatic carbocycles. The average Bonchev–Trinajstić information content (AvgIpc) is 3.32. The molecule has 4 rings (SSSR count). The Morgan fingerprint density at radius 2 is 1.70 bits per heavy atom. The number of hydrogen-bond acceptors (Lipinski definition) is 4. The van der Waals surface area contributed by atoms with Gasteiger partial charge in [-0.3, -0.25) is 4.79 Å². The van der Waals surface area contributed by atoms with Gasteiger partial charge in [0, 0.05) is 25.4 Å². The van der Waals surface area contributed by atoms with E-state index in [0.29, 0.717) is 44.2 Å². The minimum Gasteiger partial charge on any atom is -0.469 e. The lowest BCUT2D eigenvalue weighted by Crippen LogP contribution is -2.38. The Balaban J connectivity index is 1.43. The SMILES string of the molecule is O=C(CC(Cc1ccccc1)c1ccco1)N1C[C@H]2C[C@H](O)[C@@H](O)C[C@H]2C1. The van der Waals surface area contributed by atoms with Crippen molar-refractivity contribution in [1.82, 2.24) is 4.90 Å². The van der Waals surface area contributed by atoms with Crippen molar-refractivity contribution in [3.63, 3.8) is 0 Å². The van der Waals surface area contributed by atoms with Crippen molar-refractivity contribution in [3.8, 4) is 0 Å². The van der Waals surface area contributed by atoms with E-state index in [2.05, 4.69) is 12.1 Å². The van der Waals surface area contributed by atoms with Crippen molar-refractivity contribution in [1.29, 1.82) is 0 Å². The number of carbonyl (C=O) groups is 1. The number of aliphatic hydroxyl groups excluding tert-OH is 2. The highest BCUT2D eigenvalue weighted by Crippen LogP contribution is 2.37. The number of likely N-dealkylation sites (tertiary alicyclic amines) is 1. The zero-order valence-electron chi connectivity index (χ0n) is 15.4. The average molecular weight is 369 g/mol. The van der Waals surface area contributed by atoms with Crippen LogP contribution >= 0.6 is 0 Å². The van der Waals surface area contributed by atoms with E-state index in [4.69, 9.17) is 4.42 Å². The molecule has 2 aromatic rings. The lowest BCUT2D eigenvalue weighted by atomic mass is 9.79. The van der Waals surface area contributed by atoms with Crippen molar-refractivity contribution < 1.29 is 19.4 Å². The van der Waals surface area contributed by atoms with Crippen LogP contribution in [-0.2, 0) is 11.2 Å². The van der Waals surface area contributed by atoms with Gasteiger partial charge in [-0.2, -0.15) is 0 Å². The zero-order valence-corrected chi connectivity index (χ0v) is 15.4. The molecule has 1 amide bonds. The van der Waals surface area contributed by atoms with Gasteiger partial charge in [-0.1, -0.05) is 30.3 Å². The number of nitrogens with zero attached hydrogens (tertiary/aromatic N) is 1. The fourth-order valence-electron chi connectivity index (χ4n) is 4.65. The van der Waals surface area contributed by atoms with E-state index in [-0.39, 0.29) is 11.8 Å². The molecule has 1 aliphatic carbocycles. The largest absolute Gasteiger partial charge is 0.469 e. The molecule has 2 fully saturated rings. The van der Waals surface area contributed by atoms with Crippen LogP contribution in [0.4, 0.5) is 0 Å². The number of benzene rings is 1. The summed E-state index contributed by atoms with van der Waals surface area (Å²) < 4.78 is 5.62. The Labute approximate surface area is 159 Å². The number of furan rings is 1. The molecule has 5 nitrogen and oxygen atoms in total. The first-order valence-corrected chi connectivity index (χ1v) is 9.81. The van der Waals surface area contributed by atoms with Crippen LogP contribution < -0.4 is 0 Å². The Hall–Kier alpha value is -2.11. The van der Waals surface area contributed by atoms with Crippen LogP contribution in [0.1, 0.15) is 36.5 Å². The van der Waals surface area contributed by atoms with E-state index in [9.17, 15) is 15.0 Å². The number of hydrogen-bond donors (Lipinski definition) is 2. The van der Waals surface area contributed by atoms with E-state index in [1.807, 2.05) is 35.2 Å². The van der Waals surface area contributed by atoms with E-state index in [1.165, 1.54) is 5.56 Å². The van der Waals surface area contributed by atoms with Gasteiger partial charge in [-0.15, -0.1) is 0 Å². The van der Waals surface area contributed by atoms with Gasteiger partial charge in [0.1, 0.15) is 5.76 Å². The van der Waals surface area contributed by atoms with Gasteiger partial charge in [-0.25, -0.2) is 0 Å². The quantitative estimate of drug-likeness (QED) is 0.850. The van der Waals surface area contributed by atoms with Gasteiger partial charge >= 0.3 is 0 Å². The summed E-state index contributed by atoms with van der Waals surface area (Å²) in [7, 11) is 0. The maximum absolute atomic E-state index is 13.0. The topological polar surface area (TPSA) is 73.9 Å². The van der Waals surface area contributed by atoms with Gasteiger partial charge in [0.15, 0.2) is 0 Å². The van der Waals surface area contributed by atoms with Crippen LogP contribution in [0.5, 0.6) is 0 Å². The van der Waals surface area contributed by atoms with Crippen molar-refractivity contribution in [2.75, 3.05) is 13.1 Å². The van der Waals surface area contributed by atoms with Gasteiger partial charge in [0.05, 0.1) is 18.5 Å². The zero-order chi connectivity index (χ0) is 18.8. The molecule has 2 heterocycles. The fraction of sp³-hybridized carbons (Fsp3) is 0.500. The second-order valence-electron chi connectivity index (χ2n) is 8.03. The summed E-state index contributed by atoms with van der Waals surface area (Å²) >= 11 is 0. The molecule has 0 bridgehead atoms. The van der Waals surface area contributed by atoms with Crippen molar-refractivity contribution >= 4 is 5.91 Å². The predicted octanol–water partition coefficient (Wildman–Crippen LogP) is 2.59. The van der Waals surface area contributed by atoms with E-state index < -0.39 is 12.2 Å². The Bertz CT molecular complexity index is 727. The highest BCUT2D eigenvalue weighted by molar-refractivity contribution is 5.77. The van der Waals surface area contributed by atoms with Gasteiger partial charge in [0.2, 0.25) is 5.91 Å². The second kappa shape index (κ2) is 7.87. The standard InChI is InChI=1S/C22H27NO4/c24-19-10-17-13-23(14-18(17)11-20(19)25)22(26)12-16(21-7-4-8-27-21)9-15-5-2-1-3-6-15/h1-8,16-20,24-25H,9-14H2/t16?,17-,18+,19-,20-/m0/s1. The van der Waals surface area contributed by atoms with E-state index in [1.54, 1.807) is 6.26 Å². The molecule has 5 heteroatoms. The van der Waals surface area contributed by atoms with Crippen molar-refractivity contribution in [3.05, 3.63) is 60.1 Å². The van der Waals surface area contributed by atoms with Gasteiger partial charge in [-0.05, 0) is 48.8 Å². The first-order chi connectivity index (χ1) is 13.1. The van der Waals surface area contributed by atoms with Crippen LogP contribution in [0, 0.1) is 11.8 Å². The van der Waals surface area contributed by atoms with Crippen LogP contribution in [0.3, 0.4) is 0 Å². The maximum atomic E-state index is 13.0. The molecule has 5 atom stereocenters. The molecular weight excluding hydrogens is 342 g/mol. The van der Waals surface area contributed by atoms with Crippen molar-refractivity contribution in [2.24, 2.45) is 11.8 Å². The summed E-state index contributed by atoms with van der Waals surface area (Å²) in [4.78, 5) is 14.9. The van der Waals surface area contributed by atoms with Crippen LogP contribution in [0.15, 0.2) is 53.1 Å². The smallest absolute Gasteiger partial charge is 0.223 e. The molecule has 1 aliphatic heterocycles. The molecule has 2 aliphatic rings. The Morgan fingerprint density at radius 1 is 1.04 bits per heavy atom. The normalized spacial score (nSPS) is 28.7. The van der Waals surface area contributed by atoms with E-state index >= 15 is 0 Å². The monoisotopic (exact) mass is 369 g/mol. The van der Waals surface area contributed by atoms with Crippen LogP contribution in [-0.4, -0.2) is 46.3 Å². The number of aliphatic hydroxyl groups is 2. The lowest BCUT2D eigenvalue weighted by Gasteiger charge is -2.31. The van der Waals surface area contributed by atoms with Crippen LogP contribution in [0.25, 0.3) is 0 Å². The van der Waals surface area contributed by atoms with Gasteiger partial charge in [0.25, 0.3) is 0 Å². The third-order valence-electron chi connectivity index (χ3n) is 6.15. The first-order valence-electron chi connectivity index (χ1n) is 9.81. The maximum Gasteiger partial charge on any atom is 0.223 e. The second-order valence-corrected chi connectivity index (χ2v) is 8.03. The highest BCUT2D eigenvalue weighted by atomic mass is 16.3. The molecule has 2 N–H and O–H groups in total. The summed E-state index contributed by atoms with van der Waals surface area (Å²) in [6.07, 6.45) is 2.68. The van der Waals surface area contributed by atoms with E-state index in [0.717, 1.165) is 12.2 Å². The fourth-order valence-corrected chi connectivity index (χ4v) is 4.65. The molecule has 144 valence electrons. The molecule has 1 saturated carbocycles. The summed E-state index contributed by atoms with van der Waals surface area (Å²) in [6.45, 7) is 1.37. The highest BCUT2D eigenvalue weighted by Gasteiger charge is 2.42. The molecule has 1 saturated heterocycles. The number of amides is 1. The predicted molar refractivity (Wildman–Crippen MR) is 101 cm³/mol. The third kappa shape index (κ3) is 4.09. The third-order valence-corrected chi connectivity index (χ3v) is 6.15. The molecule has 0 radical (unpaired) electrons. The lowest BCUT2D eigenvalue weighted by molar-refractivity contribution is -0.130. The Morgan fingerprint density at radius 3 is 2.30 bits per heavy atom. The minimum atomic E-state index is -0.657. The summed E-state index contributed by atoms with van der Waals surface area (Å²) in [6, 6.07) is 14.0. The number of fused-ring (bicyclic) bond motifs is 1. The summed E-state index contributed by atoms with van der Waals surface area (Å²) in [5.41, 5.74) is 1.19. The summed E-state index contributed by atoms with van der Waals surface area (Å²) in [5.74, 6) is 1.57. The van der Waals surface area contributed by atoms with Crippen LogP contribution in [0.2, 0.25) is 0 Å². The molecule has 0 spiro atoms. The molecule has 1 unspecified atom stereocenters. The molecule has 27 heavy (non-hydrogen) atoms. The minimum absolute atomic E-state index is 0.00806. The number of rotatable bonds is 5. The summed E-state index contributed by atoms with van der Waals surface area (Å²) in [5, 5.41) is 19.8. The van der Waals surface area contributed by atoms with Crippen molar-refractivity contribution in [2.45, 2.75) is 43.8 Å². The van der Waals surface area contributed by atoms with Gasteiger partial charge < -0.3 is 19.5 Å². The Kier molecular flexibility index (Phi) is 5.32. The number of carbonyl (C=O) groups excluding carboxylic acids is 1. The first kappa shape index (κ1) is 18.3. The molecule has 1 aromatic heterocycles.